The van der Waals surface area contributed by atoms with E-state index in [9.17, 15) is 19.2 Å². The van der Waals surface area contributed by atoms with Gasteiger partial charge in [0, 0.05) is 12.8 Å². The topological polar surface area (TPSA) is 140 Å². The van der Waals surface area contributed by atoms with Crippen molar-refractivity contribution < 1.29 is 42.9 Å². The van der Waals surface area contributed by atoms with Gasteiger partial charge in [-0.1, -0.05) is 52.0 Å². The van der Waals surface area contributed by atoms with Crippen LogP contribution in [0, 0.1) is 11.8 Å². The maximum absolute atomic E-state index is 12.5. The summed E-state index contributed by atoms with van der Waals surface area (Å²) in [5, 5.41) is 0. The molecule has 0 spiro atoms. The molecule has 2 atom stereocenters. The Morgan fingerprint density at radius 1 is 0.769 bits per heavy atom. The molecule has 2 aromatic carbocycles. The molecule has 2 aromatic rings. The van der Waals surface area contributed by atoms with Crippen molar-refractivity contribution in [3.63, 3.8) is 0 Å². The smallest absolute Gasteiger partial charge is 0.458 e. The molecule has 0 unspecified atom stereocenters. The summed E-state index contributed by atoms with van der Waals surface area (Å²) in [5.41, 5.74) is 6.61. The van der Waals surface area contributed by atoms with Crippen LogP contribution in [0.25, 0.3) is 0 Å². The minimum Gasteiger partial charge on any atom is -0.458 e. The predicted octanol–water partition coefficient (Wildman–Crippen LogP) is 4.61. The van der Waals surface area contributed by atoms with Gasteiger partial charge < -0.3 is 29.4 Å². The molecule has 0 saturated heterocycles. The highest BCUT2D eigenvalue weighted by Gasteiger charge is 2.22. The second kappa shape index (κ2) is 15.5. The lowest BCUT2D eigenvalue weighted by molar-refractivity contribution is -0.151. The molecule has 0 aliphatic rings. The molecule has 0 radical (unpaired) electrons. The molecule has 0 aliphatic carbocycles. The zero-order chi connectivity index (χ0) is 28.9. The van der Waals surface area contributed by atoms with Crippen LogP contribution in [0.1, 0.15) is 53.0 Å². The molecule has 0 heterocycles. The highest BCUT2D eigenvalue weighted by Crippen LogP contribution is 2.30. The first-order valence-corrected chi connectivity index (χ1v) is 12.8. The minimum atomic E-state index is -1.06. The summed E-state index contributed by atoms with van der Waals surface area (Å²) >= 11 is 0. The number of para-hydroxylation sites is 1. The average Bonchev–Trinajstić information content (AvgIpc) is 2.84. The molecule has 10 heteroatoms. The summed E-state index contributed by atoms with van der Waals surface area (Å²) in [4.78, 5) is 48.8. The fourth-order valence-electron chi connectivity index (χ4n) is 3.30. The number of benzene rings is 2. The minimum absolute atomic E-state index is 0.0530. The van der Waals surface area contributed by atoms with Gasteiger partial charge in [-0.3, -0.25) is 14.4 Å². The van der Waals surface area contributed by atoms with Gasteiger partial charge in [0.15, 0.2) is 11.5 Å². The van der Waals surface area contributed by atoms with Gasteiger partial charge >= 0.3 is 24.1 Å². The van der Waals surface area contributed by atoms with Crippen molar-refractivity contribution in [3.8, 4) is 17.2 Å². The largest absolute Gasteiger partial charge is 0.513 e. The molecule has 0 aromatic heterocycles. The molecular weight excluding hydrogens is 506 g/mol. The summed E-state index contributed by atoms with van der Waals surface area (Å²) in [6.45, 7) is 8.85. The molecule has 212 valence electrons. The van der Waals surface area contributed by atoms with Crippen molar-refractivity contribution in [2.75, 3.05) is 6.61 Å². The van der Waals surface area contributed by atoms with Gasteiger partial charge in [0.2, 0.25) is 0 Å². The standard InChI is InChI=1S/C29H37NO9/c1-18(2)13-26(31)38-24-12-11-21(16-25(24)39-27(32)14-19(3)4)15-23(30)28(33)36-20(5)17-35-29(34)37-22-9-7-6-8-10-22/h6-12,16,18-20,23H,13-15,17,30H2,1-5H3/t20-,23-/m0/s1. The van der Waals surface area contributed by atoms with Crippen molar-refractivity contribution in [2.24, 2.45) is 17.6 Å². The van der Waals surface area contributed by atoms with Gasteiger partial charge in [0.1, 0.15) is 24.5 Å². The summed E-state index contributed by atoms with van der Waals surface area (Å²) in [5.74, 6) is -0.996. The zero-order valence-electron chi connectivity index (χ0n) is 23.0. The van der Waals surface area contributed by atoms with Gasteiger partial charge in [-0.25, -0.2) is 4.79 Å². The van der Waals surface area contributed by atoms with Crippen molar-refractivity contribution >= 4 is 24.1 Å². The number of rotatable bonds is 13. The first kappa shape index (κ1) is 31.3. The van der Waals surface area contributed by atoms with Crippen LogP contribution >= 0.6 is 0 Å². The number of nitrogens with two attached hydrogens (primary N) is 1. The summed E-state index contributed by atoms with van der Waals surface area (Å²) in [6.07, 6.45) is -1.28. The molecule has 39 heavy (non-hydrogen) atoms. The van der Waals surface area contributed by atoms with E-state index in [4.69, 9.17) is 29.4 Å². The third-order valence-electron chi connectivity index (χ3n) is 5.06. The van der Waals surface area contributed by atoms with E-state index in [1.807, 2.05) is 27.7 Å². The van der Waals surface area contributed by atoms with Gasteiger partial charge in [-0.05, 0) is 55.0 Å². The van der Waals surface area contributed by atoms with E-state index < -0.39 is 36.2 Å². The Balaban J connectivity index is 1.97. The first-order valence-electron chi connectivity index (χ1n) is 12.8. The van der Waals surface area contributed by atoms with E-state index in [1.165, 1.54) is 12.1 Å². The molecule has 0 amide bonds. The third kappa shape index (κ3) is 12.0. The van der Waals surface area contributed by atoms with E-state index in [0.717, 1.165) is 0 Å². The van der Waals surface area contributed by atoms with E-state index in [2.05, 4.69) is 0 Å². The van der Waals surface area contributed by atoms with Crippen LogP contribution in [-0.4, -0.2) is 42.8 Å². The highest BCUT2D eigenvalue weighted by atomic mass is 16.7. The quantitative estimate of drug-likeness (QED) is 0.216. The first-order chi connectivity index (χ1) is 18.4. The van der Waals surface area contributed by atoms with Crippen molar-refractivity contribution in [1.82, 2.24) is 0 Å². The van der Waals surface area contributed by atoms with Crippen LogP contribution in [0.3, 0.4) is 0 Å². The normalized spacial score (nSPS) is 12.4. The van der Waals surface area contributed by atoms with Crippen LogP contribution in [0.4, 0.5) is 4.79 Å². The lowest BCUT2D eigenvalue weighted by atomic mass is 10.1. The molecule has 0 bridgehead atoms. The van der Waals surface area contributed by atoms with Crippen LogP contribution < -0.4 is 19.9 Å². The fourth-order valence-corrected chi connectivity index (χ4v) is 3.30. The van der Waals surface area contributed by atoms with E-state index in [0.29, 0.717) is 11.3 Å². The van der Waals surface area contributed by atoms with Gasteiger partial charge in [0.25, 0.3) is 0 Å². The lowest BCUT2D eigenvalue weighted by Crippen LogP contribution is -2.37. The van der Waals surface area contributed by atoms with Crippen LogP contribution in [-0.2, 0) is 30.3 Å². The van der Waals surface area contributed by atoms with E-state index >= 15 is 0 Å². The van der Waals surface area contributed by atoms with Crippen LogP contribution in [0.5, 0.6) is 17.2 Å². The summed E-state index contributed by atoms with van der Waals surface area (Å²) < 4.78 is 26.2. The number of carbonyl (C=O) groups excluding carboxylic acids is 4. The molecule has 2 N–H and O–H groups in total. The number of carbonyl (C=O) groups is 4. The van der Waals surface area contributed by atoms with E-state index in [-0.39, 0.29) is 49.2 Å². The van der Waals surface area contributed by atoms with E-state index in [1.54, 1.807) is 43.3 Å². The van der Waals surface area contributed by atoms with Gasteiger partial charge in [0.05, 0.1) is 0 Å². The highest BCUT2D eigenvalue weighted by molar-refractivity contribution is 5.77. The second-order valence-electron chi connectivity index (χ2n) is 9.96. The number of hydrogen-bond acceptors (Lipinski definition) is 10. The Hall–Kier alpha value is -3.92. The SMILES string of the molecule is CC(C)CC(=O)Oc1ccc(C[C@H](N)C(=O)O[C@@H](C)COC(=O)Oc2ccccc2)cc1OC(=O)CC(C)C. The maximum atomic E-state index is 12.5. The van der Waals surface area contributed by atoms with Crippen molar-refractivity contribution in [3.05, 3.63) is 54.1 Å². The third-order valence-corrected chi connectivity index (χ3v) is 5.06. The van der Waals surface area contributed by atoms with Crippen LogP contribution in [0.2, 0.25) is 0 Å². The lowest BCUT2D eigenvalue weighted by Gasteiger charge is -2.18. The van der Waals surface area contributed by atoms with Crippen molar-refractivity contribution in [2.45, 2.75) is 66.0 Å². The summed E-state index contributed by atoms with van der Waals surface area (Å²) in [7, 11) is 0. The zero-order valence-corrected chi connectivity index (χ0v) is 23.0. The Kier molecular flexibility index (Phi) is 12.4. The predicted molar refractivity (Wildman–Crippen MR) is 142 cm³/mol. The maximum Gasteiger partial charge on any atom is 0.513 e. The monoisotopic (exact) mass is 543 g/mol. The molecule has 0 saturated carbocycles. The number of esters is 3. The Labute approximate surface area is 228 Å². The van der Waals surface area contributed by atoms with Crippen LogP contribution in [0.15, 0.2) is 48.5 Å². The molecular formula is C29H37NO9. The Morgan fingerprint density at radius 2 is 1.36 bits per heavy atom. The van der Waals surface area contributed by atoms with Gasteiger partial charge in [-0.2, -0.15) is 0 Å². The second-order valence-corrected chi connectivity index (χ2v) is 9.96. The Bertz CT molecular complexity index is 1110. The molecule has 2 rings (SSSR count). The van der Waals surface area contributed by atoms with Gasteiger partial charge in [-0.15, -0.1) is 0 Å². The molecule has 10 nitrogen and oxygen atoms in total. The number of ether oxygens (including phenoxy) is 5. The Morgan fingerprint density at radius 3 is 1.95 bits per heavy atom. The summed E-state index contributed by atoms with van der Waals surface area (Å²) in [6, 6.07) is 12.0. The molecule has 0 aliphatic heterocycles. The average molecular weight is 544 g/mol. The van der Waals surface area contributed by atoms with Crippen molar-refractivity contribution in [1.29, 1.82) is 0 Å². The fraction of sp³-hybridized carbons (Fsp3) is 0.448. The number of hydrogen-bond donors (Lipinski definition) is 1. The molecule has 0 fully saturated rings.